The van der Waals surface area contributed by atoms with Crippen LogP contribution >= 0.6 is 0 Å². The molecule has 2 fully saturated rings. The average molecular weight is 405 g/mol. The van der Waals surface area contributed by atoms with Gasteiger partial charge in [-0.05, 0) is 31.0 Å². The first-order chi connectivity index (χ1) is 14.7. The minimum Gasteiger partial charge on any atom is -0.368 e. The number of anilines is 4. The number of rotatable bonds is 4. The lowest BCUT2D eigenvalue weighted by atomic mass is 10.1. The molecule has 5 rings (SSSR count). The summed E-state index contributed by atoms with van der Waals surface area (Å²) in [6, 6.07) is 8.65. The number of aromatic nitrogens is 4. The third-order valence-electron chi connectivity index (χ3n) is 6.07. The molecule has 2 aliphatic rings. The van der Waals surface area contributed by atoms with E-state index in [0.717, 1.165) is 67.6 Å². The van der Waals surface area contributed by atoms with Gasteiger partial charge in [0, 0.05) is 70.5 Å². The van der Waals surface area contributed by atoms with Gasteiger partial charge in [0.2, 0.25) is 0 Å². The monoisotopic (exact) mass is 404 g/mol. The quantitative estimate of drug-likeness (QED) is 0.657. The number of hydrogen-bond donors (Lipinski definition) is 0. The average Bonchev–Trinajstić information content (AvgIpc) is 3.33. The lowest BCUT2D eigenvalue weighted by Crippen LogP contribution is -2.46. The molecule has 4 heterocycles. The molecule has 0 saturated carbocycles. The third-order valence-corrected chi connectivity index (χ3v) is 6.07. The fourth-order valence-electron chi connectivity index (χ4n) is 4.36. The number of piperazine rings is 1. The summed E-state index contributed by atoms with van der Waals surface area (Å²) in [7, 11) is 4.01. The molecule has 0 aliphatic carbocycles. The Kier molecular flexibility index (Phi) is 4.98. The van der Waals surface area contributed by atoms with Gasteiger partial charge in [0.1, 0.15) is 30.1 Å². The molecule has 8 nitrogen and oxygen atoms in total. The maximum atomic E-state index is 4.62. The van der Waals surface area contributed by atoms with Crippen LogP contribution in [-0.2, 0) is 0 Å². The molecule has 0 spiro atoms. The zero-order valence-corrected chi connectivity index (χ0v) is 17.7. The van der Waals surface area contributed by atoms with Gasteiger partial charge in [-0.15, -0.1) is 0 Å². The van der Waals surface area contributed by atoms with Crippen molar-refractivity contribution in [3.05, 3.63) is 36.9 Å². The van der Waals surface area contributed by atoms with E-state index in [0.29, 0.717) is 0 Å². The molecule has 0 radical (unpaired) electrons. The molecule has 2 saturated heterocycles. The molecule has 0 N–H and O–H groups in total. The third kappa shape index (κ3) is 3.58. The van der Waals surface area contributed by atoms with Crippen LogP contribution < -0.4 is 19.6 Å². The molecule has 1 aromatic carbocycles. The van der Waals surface area contributed by atoms with Gasteiger partial charge in [0.15, 0.2) is 0 Å². The Morgan fingerprint density at radius 1 is 0.733 bits per heavy atom. The van der Waals surface area contributed by atoms with Crippen LogP contribution in [0.15, 0.2) is 36.9 Å². The van der Waals surface area contributed by atoms with Crippen LogP contribution in [-0.4, -0.2) is 73.3 Å². The van der Waals surface area contributed by atoms with Crippen molar-refractivity contribution in [3.63, 3.8) is 0 Å². The van der Waals surface area contributed by atoms with Gasteiger partial charge >= 0.3 is 0 Å². The lowest BCUT2D eigenvalue weighted by Gasteiger charge is -2.37. The number of benzene rings is 1. The van der Waals surface area contributed by atoms with Gasteiger partial charge in [0.25, 0.3) is 0 Å². The Hall–Kier alpha value is -3.16. The summed E-state index contributed by atoms with van der Waals surface area (Å²) in [6.07, 6.45) is 5.83. The van der Waals surface area contributed by atoms with Crippen molar-refractivity contribution in [2.24, 2.45) is 0 Å². The van der Waals surface area contributed by atoms with E-state index in [1.807, 2.05) is 19.0 Å². The summed E-state index contributed by atoms with van der Waals surface area (Å²) in [4.78, 5) is 27.1. The Morgan fingerprint density at radius 2 is 1.47 bits per heavy atom. The van der Waals surface area contributed by atoms with Crippen molar-refractivity contribution < 1.29 is 0 Å². The van der Waals surface area contributed by atoms with Crippen molar-refractivity contribution >= 4 is 34.0 Å². The zero-order valence-electron chi connectivity index (χ0n) is 17.7. The second-order valence-corrected chi connectivity index (χ2v) is 8.20. The standard InChI is InChI=1S/C22H28N8/c1-27(2)20-14-21(25-16-24-20)29-11-9-28(10-12-29)17-5-6-19-18(13-17)22(26-15-23-19)30-7-3-4-8-30/h5-6,13-16H,3-4,7-12H2,1-2H3. The predicted molar refractivity (Wildman–Crippen MR) is 122 cm³/mol. The molecular weight excluding hydrogens is 376 g/mol. The summed E-state index contributed by atoms with van der Waals surface area (Å²) in [5.74, 6) is 3.01. The van der Waals surface area contributed by atoms with E-state index in [1.165, 1.54) is 18.5 Å². The topological polar surface area (TPSA) is 64.5 Å². The molecule has 2 aromatic heterocycles. The van der Waals surface area contributed by atoms with Crippen LogP contribution in [0.1, 0.15) is 12.8 Å². The highest BCUT2D eigenvalue weighted by Gasteiger charge is 2.21. The van der Waals surface area contributed by atoms with Crippen LogP contribution in [0, 0.1) is 0 Å². The molecule has 30 heavy (non-hydrogen) atoms. The Balaban J connectivity index is 1.35. The van der Waals surface area contributed by atoms with Crippen molar-refractivity contribution in [2.75, 3.05) is 73.0 Å². The smallest absolute Gasteiger partial charge is 0.139 e. The number of nitrogens with zero attached hydrogens (tertiary/aromatic N) is 8. The molecular formula is C22H28N8. The second-order valence-electron chi connectivity index (χ2n) is 8.20. The van der Waals surface area contributed by atoms with Gasteiger partial charge in [-0.25, -0.2) is 19.9 Å². The Bertz CT molecular complexity index is 1020. The van der Waals surface area contributed by atoms with Crippen LogP contribution in [0.5, 0.6) is 0 Å². The minimum absolute atomic E-state index is 0.936. The van der Waals surface area contributed by atoms with E-state index in [1.54, 1.807) is 12.7 Å². The zero-order chi connectivity index (χ0) is 20.5. The van der Waals surface area contributed by atoms with Gasteiger partial charge < -0.3 is 19.6 Å². The summed E-state index contributed by atoms with van der Waals surface area (Å²) in [5.41, 5.74) is 2.26. The predicted octanol–water partition coefficient (Wildman–Crippen LogP) is 2.41. The SMILES string of the molecule is CN(C)c1cc(N2CCN(c3ccc4ncnc(N5CCCC5)c4c3)CC2)ncn1. The van der Waals surface area contributed by atoms with E-state index in [-0.39, 0.29) is 0 Å². The summed E-state index contributed by atoms with van der Waals surface area (Å²) < 4.78 is 0. The number of fused-ring (bicyclic) bond motifs is 1. The normalized spacial score (nSPS) is 17.1. The van der Waals surface area contributed by atoms with Gasteiger partial charge in [-0.2, -0.15) is 0 Å². The minimum atomic E-state index is 0.936. The van der Waals surface area contributed by atoms with E-state index in [4.69, 9.17) is 0 Å². The van der Waals surface area contributed by atoms with Crippen LogP contribution in [0.25, 0.3) is 10.9 Å². The van der Waals surface area contributed by atoms with Crippen molar-refractivity contribution in [2.45, 2.75) is 12.8 Å². The molecule has 2 aliphatic heterocycles. The largest absolute Gasteiger partial charge is 0.368 e. The van der Waals surface area contributed by atoms with Crippen molar-refractivity contribution in [1.82, 2.24) is 19.9 Å². The fraction of sp³-hybridized carbons (Fsp3) is 0.455. The van der Waals surface area contributed by atoms with Crippen LogP contribution in [0.4, 0.5) is 23.1 Å². The first-order valence-corrected chi connectivity index (χ1v) is 10.7. The van der Waals surface area contributed by atoms with E-state index in [9.17, 15) is 0 Å². The van der Waals surface area contributed by atoms with E-state index in [2.05, 4.69) is 58.9 Å². The maximum Gasteiger partial charge on any atom is 0.139 e. The van der Waals surface area contributed by atoms with Gasteiger partial charge in [0.05, 0.1) is 5.52 Å². The van der Waals surface area contributed by atoms with E-state index >= 15 is 0 Å². The van der Waals surface area contributed by atoms with Gasteiger partial charge in [-0.3, -0.25) is 0 Å². The Labute approximate surface area is 177 Å². The lowest BCUT2D eigenvalue weighted by molar-refractivity contribution is 0.647. The van der Waals surface area contributed by atoms with Gasteiger partial charge in [-0.1, -0.05) is 0 Å². The highest BCUT2D eigenvalue weighted by atomic mass is 15.3. The van der Waals surface area contributed by atoms with Crippen molar-refractivity contribution in [3.8, 4) is 0 Å². The van der Waals surface area contributed by atoms with Crippen molar-refractivity contribution in [1.29, 1.82) is 0 Å². The summed E-state index contributed by atoms with van der Waals surface area (Å²) >= 11 is 0. The van der Waals surface area contributed by atoms with Crippen LogP contribution in [0.2, 0.25) is 0 Å². The molecule has 0 atom stereocenters. The molecule has 0 unspecified atom stereocenters. The highest BCUT2D eigenvalue weighted by Crippen LogP contribution is 2.30. The van der Waals surface area contributed by atoms with E-state index < -0.39 is 0 Å². The molecule has 0 amide bonds. The molecule has 156 valence electrons. The van der Waals surface area contributed by atoms with Crippen LogP contribution in [0.3, 0.4) is 0 Å². The molecule has 0 bridgehead atoms. The first kappa shape index (κ1) is 18.8. The highest BCUT2D eigenvalue weighted by molar-refractivity contribution is 5.92. The molecule has 8 heteroatoms. The Morgan fingerprint density at radius 3 is 2.23 bits per heavy atom. The number of hydrogen-bond acceptors (Lipinski definition) is 8. The summed E-state index contributed by atoms with van der Waals surface area (Å²) in [6.45, 7) is 5.96. The fourth-order valence-corrected chi connectivity index (χ4v) is 4.36. The first-order valence-electron chi connectivity index (χ1n) is 10.7. The second kappa shape index (κ2) is 7.93. The summed E-state index contributed by atoms with van der Waals surface area (Å²) in [5, 5.41) is 1.16. The maximum absolute atomic E-state index is 4.62. The molecule has 3 aromatic rings.